The van der Waals surface area contributed by atoms with E-state index in [1.165, 1.54) is 9.09 Å². The number of thiophene rings is 1. The summed E-state index contributed by atoms with van der Waals surface area (Å²) >= 11 is 9.69. The zero-order valence-corrected chi connectivity index (χ0v) is 15.7. The quantitative estimate of drug-likeness (QED) is 0.567. The second-order valence-corrected chi connectivity index (χ2v) is 8.67. The topological polar surface area (TPSA) is 23.5 Å². The molecule has 0 spiro atoms. The van der Waals surface area contributed by atoms with E-state index in [0.717, 1.165) is 34.1 Å². The molecule has 126 valence electrons. The van der Waals surface area contributed by atoms with Gasteiger partial charge in [0.2, 0.25) is 0 Å². The van der Waals surface area contributed by atoms with Gasteiger partial charge >= 0.3 is 0 Å². The van der Waals surface area contributed by atoms with Crippen LogP contribution in [0.25, 0.3) is 0 Å². The summed E-state index contributed by atoms with van der Waals surface area (Å²) in [5.41, 5.74) is 2.07. The number of rotatable bonds is 4. The molecule has 0 unspecified atom stereocenters. The number of benzene rings is 2. The fourth-order valence-electron chi connectivity index (χ4n) is 2.89. The van der Waals surface area contributed by atoms with E-state index in [-0.39, 0.29) is 0 Å². The van der Waals surface area contributed by atoms with Crippen LogP contribution >= 0.6 is 34.7 Å². The maximum atomic E-state index is 10.2. The molecule has 4 rings (SSSR count). The average Bonchev–Trinajstić information content (AvgIpc) is 3.04. The number of phenols is 1. The van der Waals surface area contributed by atoms with Gasteiger partial charge in [-0.3, -0.25) is 0 Å². The molecule has 5 heteroatoms. The summed E-state index contributed by atoms with van der Waals surface area (Å²) in [7, 11) is 0. The molecule has 0 amide bonds. The summed E-state index contributed by atoms with van der Waals surface area (Å²) in [5, 5.41) is 11.0. The Morgan fingerprint density at radius 3 is 2.84 bits per heavy atom. The Kier molecular flexibility index (Phi) is 4.75. The Morgan fingerprint density at radius 2 is 1.96 bits per heavy atom. The van der Waals surface area contributed by atoms with Gasteiger partial charge < -0.3 is 10.0 Å². The maximum Gasteiger partial charge on any atom is 0.139 e. The molecule has 0 saturated heterocycles. The van der Waals surface area contributed by atoms with Crippen LogP contribution in [-0.2, 0) is 13.0 Å². The largest absolute Gasteiger partial charge is 0.506 e. The number of hydrogen-bond acceptors (Lipinski definition) is 4. The van der Waals surface area contributed by atoms with Crippen molar-refractivity contribution in [2.45, 2.75) is 22.1 Å². The lowest BCUT2D eigenvalue weighted by Gasteiger charge is -2.26. The molecule has 1 aromatic heterocycles. The number of phenolic OH excluding ortho intramolecular Hbond substituents is 1. The monoisotopic (exact) mass is 385 g/mol. The number of anilines is 1. The minimum absolute atomic E-state index is 0.337. The van der Waals surface area contributed by atoms with Crippen LogP contribution in [0.1, 0.15) is 10.4 Å². The number of para-hydroxylation sites is 1. The normalized spacial score (nSPS) is 13.1. The average molecular weight is 386 g/mol. The Balaban J connectivity index is 1.53. The molecule has 2 nitrogen and oxygen atoms in total. The van der Waals surface area contributed by atoms with Crippen molar-refractivity contribution in [3.63, 3.8) is 0 Å². The van der Waals surface area contributed by atoms with Gasteiger partial charge in [0.25, 0.3) is 0 Å². The zero-order valence-electron chi connectivity index (χ0n) is 13.4. The van der Waals surface area contributed by atoms with Gasteiger partial charge in [0, 0.05) is 16.0 Å². The molecule has 2 aromatic carbocycles. The first-order valence-electron chi connectivity index (χ1n) is 7.96. The summed E-state index contributed by atoms with van der Waals surface area (Å²) < 4.78 is 1.21. The lowest BCUT2D eigenvalue weighted by Crippen LogP contribution is -2.19. The Hall–Kier alpha value is -1.88. The lowest BCUT2D eigenvalue weighted by atomic mass is 10.0. The third kappa shape index (κ3) is 3.56. The Morgan fingerprint density at radius 1 is 1.08 bits per heavy atom. The van der Waals surface area contributed by atoms with Gasteiger partial charge in [0.1, 0.15) is 5.75 Å². The van der Waals surface area contributed by atoms with Gasteiger partial charge in [-0.2, -0.15) is 0 Å². The van der Waals surface area contributed by atoms with Crippen LogP contribution < -0.4 is 4.90 Å². The van der Waals surface area contributed by atoms with Gasteiger partial charge in [-0.25, -0.2) is 0 Å². The number of halogens is 1. The highest BCUT2D eigenvalue weighted by atomic mass is 35.5. The highest BCUT2D eigenvalue weighted by molar-refractivity contribution is 8.01. The van der Waals surface area contributed by atoms with Crippen molar-refractivity contribution in [1.29, 1.82) is 0 Å². The summed E-state index contributed by atoms with van der Waals surface area (Å²) in [6.45, 7) is 0.745. The highest BCUT2D eigenvalue weighted by Gasteiger charge is 2.17. The third-order valence-corrected chi connectivity index (χ3v) is 6.74. The number of aromatic hydroxyl groups is 1. The van der Waals surface area contributed by atoms with Crippen LogP contribution in [-0.4, -0.2) is 5.11 Å². The minimum Gasteiger partial charge on any atom is -0.506 e. The van der Waals surface area contributed by atoms with E-state index in [1.807, 2.05) is 30.3 Å². The first kappa shape index (κ1) is 16.6. The van der Waals surface area contributed by atoms with Crippen molar-refractivity contribution < 1.29 is 5.11 Å². The number of fused-ring (bicyclic) bond motifs is 1. The SMILES string of the molecule is Oc1cccc2c1N(Cc1ccc(Sc3ccccc3Cl)s1)C=CC2. The molecule has 0 saturated carbocycles. The summed E-state index contributed by atoms with van der Waals surface area (Å²) in [4.78, 5) is 4.43. The van der Waals surface area contributed by atoms with E-state index in [9.17, 15) is 5.11 Å². The second kappa shape index (κ2) is 7.16. The van der Waals surface area contributed by atoms with Crippen LogP contribution in [0.2, 0.25) is 5.02 Å². The molecule has 2 heterocycles. The molecule has 25 heavy (non-hydrogen) atoms. The van der Waals surface area contributed by atoms with E-state index in [1.54, 1.807) is 29.2 Å². The van der Waals surface area contributed by atoms with Gasteiger partial charge in [-0.1, -0.05) is 53.7 Å². The lowest BCUT2D eigenvalue weighted by molar-refractivity contribution is 0.474. The summed E-state index contributed by atoms with van der Waals surface area (Å²) in [6.07, 6.45) is 5.05. The molecular weight excluding hydrogens is 370 g/mol. The van der Waals surface area contributed by atoms with E-state index in [4.69, 9.17) is 11.6 Å². The van der Waals surface area contributed by atoms with Gasteiger partial charge in [-0.05, 0) is 42.3 Å². The van der Waals surface area contributed by atoms with Crippen molar-refractivity contribution in [3.05, 3.63) is 82.3 Å². The summed E-state index contributed by atoms with van der Waals surface area (Å²) in [5.74, 6) is 0.337. The van der Waals surface area contributed by atoms with Crippen molar-refractivity contribution in [2.24, 2.45) is 0 Å². The molecule has 0 fully saturated rings. The van der Waals surface area contributed by atoms with Crippen molar-refractivity contribution in [2.75, 3.05) is 4.90 Å². The van der Waals surface area contributed by atoms with Gasteiger partial charge in [0.05, 0.1) is 21.5 Å². The fourth-order valence-corrected chi connectivity index (χ4v) is 5.30. The van der Waals surface area contributed by atoms with E-state index in [0.29, 0.717) is 5.75 Å². The first-order valence-corrected chi connectivity index (χ1v) is 9.97. The molecular formula is C20H16ClNOS2. The minimum atomic E-state index is 0.337. The molecule has 3 aromatic rings. The van der Waals surface area contributed by atoms with Crippen LogP contribution in [0.15, 0.2) is 76.0 Å². The maximum absolute atomic E-state index is 10.2. The summed E-state index contributed by atoms with van der Waals surface area (Å²) in [6, 6.07) is 17.9. The fraction of sp³-hybridized carbons (Fsp3) is 0.100. The van der Waals surface area contributed by atoms with Crippen LogP contribution in [0.4, 0.5) is 5.69 Å². The van der Waals surface area contributed by atoms with Crippen LogP contribution in [0, 0.1) is 0 Å². The van der Waals surface area contributed by atoms with Gasteiger partial charge in [-0.15, -0.1) is 11.3 Å². The van der Waals surface area contributed by atoms with E-state index in [2.05, 4.69) is 35.4 Å². The smallest absolute Gasteiger partial charge is 0.139 e. The van der Waals surface area contributed by atoms with E-state index >= 15 is 0 Å². The highest BCUT2D eigenvalue weighted by Crippen LogP contribution is 2.39. The van der Waals surface area contributed by atoms with Crippen molar-refractivity contribution in [1.82, 2.24) is 0 Å². The Bertz CT molecular complexity index is 935. The molecule has 1 aliphatic heterocycles. The van der Waals surface area contributed by atoms with Gasteiger partial charge in [0.15, 0.2) is 0 Å². The van der Waals surface area contributed by atoms with Crippen molar-refractivity contribution >= 4 is 40.4 Å². The zero-order chi connectivity index (χ0) is 17.2. The predicted molar refractivity (Wildman–Crippen MR) is 107 cm³/mol. The standard InChI is InChI=1S/C20H16ClNOS2/c21-16-7-1-2-9-18(16)25-19-11-10-15(24-19)13-22-12-4-6-14-5-3-8-17(23)20(14)22/h1-5,7-12,23H,6,13H2. The number of nitrogens with zero attached hydrogens (tertiary/aromatic N) is 1. The first-order chi connectivity index (χ1) is 12.2. The number of allylic oxidation sites excluding steroid dienone is 1. The Labute approximate surface area is 160 Å². The molecule has 0 bridgehead atoms. The molecule has 0 radical (unpaired) electrons. The molecule has 0 atom stereocenters. The molecule has 0 aliphatic carbocycles. The predicted octanol–water partition coefficient (Wildman–Crippen LogP) is 6.33. The van der Waals surface area contributed by atoms with Crippen molar-refractivity contribution in [3.8, 4) is 5.75 Å². The van der Waals surface area contributed by atoms with Crippen LogP contribution in [0.5, 0.6) is 5.75 Å². The van der Waals surface area contributed by atoms with Crippen LogP contribution in [0.3, 0.4) is 0 Å². The molecule has 1 N–H and O–H groups in total. The van der Waals surface area contributed by atoms with E-state index < -0.39 is 0 Å². The number of hydrogen-bond donors (Lipinski definition) is 1. The third-order valence-electron chi connectivity index (χ3n) is 4.02. The second-order valence-electron chi connectivity index (χ2n) is 5.75. The molecule has 1 aliphatic rings.